The SMILES string of the molecule is N#C/C(=C\c1ccc(Br)cc1)C(=O)Nc1ccc2c(c1)OCCO2. The fourth-order valence-corrected chi connectivity index (χ4v) is 2.46. The third-order valence-corrected chi connectivity index (χ3v) is 3.87. The van der Waals surface area contributed by atoms with E-state index in [0.29, 0.717) is 30.4 Å². The van der Waals surface area contributed by atoms with Gasteiger partial charge in [0.2, 0.25) is 0 Å². The third-order valence-electron chi connectivity index (χ3n) is 3.35. The molecule has 2 aromatic rings. The third kappa shape index (κ3) is 3.76. The zero-order valence-corrected chi connectivity index (χ0v) is 14.2. The monoisotopic (exact) mass is 384 g/mol. The summed E-state index contributed by atoms with van der Waals surface area (Å²) in [5.74, 6) is 0.747. The number of benzene rings is 2. The Hall–Kier alpha value is -2.78. The number of nitrogens with zero attached hydrogens (tertiary/aromatic N) is 1. The minimum Gasteiger partial charge on any atom is -0.486 e. The molecule has 6 heteroatoms. The summed E-state index contributed by atoms with van der Waals surface area (Å²) in [6, 6.07) is 14.4. The van der Waals surface area contributed by atoms with Gasteiger partial charge in [-0.3, -0.25) is 4.79 Å². The topological polar surface area (TPSA) is 71.4 Å². The van der Waals surface area contributed by atoms with Crippen LogP contribution < -0.4 is 14.8 Å². The van der Waals surface area contributed by atoms with E-state index in [1.807, 2.05) is 30.3 Å². The molecule has 0 bridgehead atoms. The molecule has 5 nitrogen and oxygen atoms in total. The van der Waals surface area contributed by atoms with Crippen LogP contribution in [0, 0.1) is 11.3 Å². The molecule has 1 amide bonds. The van der Waals surface area contributed by atoms with Gasteiger partial charge in [-0.05, 0) is 35.9 Å². The quantitative estimate of drug-likeness (QED) is 0.645. The van der Waals surface area contributed by atoms with Crippen molar-refractivity contribution >= 4 is 33.6 Å². The number of nitriles is 1. The maximum absolute atomic E-state index is 12.3. The molecule has 0 saturated heterocycles. The van der Waals surface area contributed by atoms with Crippen molar-refractivity contribution in [3.8, 4) is 17.6 Å². The smallest absolute Gasteiger partial charge is 0.266 e. The molecule has 0 spiro atoms. The van der Waals surface area contributed by atoms with Gasteiger partial charge >= 0.3 is 0 Å². The molecule has 1 aliphatic heterocycles. The molecule has 1 aliphatic rings. The van der Waals surface area contributed by atoms with Crippen LogP contribution in [0.25, 0.3) is 6.08 Å². The first kappa shape index (κ1) is 16.1. The molecule has 0 fully saturated rings. The van der Waals surface area contributed by atoms with Crippen LogP contribution in [0.1, 0.15) is 5.56 Å². The van der Waals surface area contributed by atoms with E-state index in [0.717, 1.165) is 10.0 Å². The Morgan fingerprint density at radius 3 is 2.54 bits per heavy atom. The highest BCUT2D eigenvalue weighted by Gasteiger charge is 2.14. The Morgan fingerprint density at radius 2 is 1.83 bits per heavy atom. The molecule has 0 aromatic heterocycles. The average molecular weight is 385 g/mol. The van der Waals surface area contributed by atoms with Gasteiger partial charge in [0.1, 0.15) is 24.9 Å². The highest BCUT2D eigenvalue weighted by molar-refractivity contribution is 9.10. The van der Waals surface area contributed by atoms with E-state index < -0.39 is 5.91 Å². The number of anilines is 1. The number of carbonyl (C=O) groups excluding carboxylic acids is 1. The summed E-state index contributed by atoms with van der Waals surface area (Å²) in [7, 11) is 0. The number of nitrogens with one attached hydrogen (secondary N) is 1. The molecule has 2 aromatic carbocycles. The van der Waals surface area contributed by atoms with Crippen LogP contribution in [0.4, 0.5) is 5.69 Å². The highest BCUT2D eigenvalue weighted by atomic mass is 79.9. The van der Waals surface area contributed by atoms with Crippen LogP contribution in [0.3, 0.4) is 0 Å². The van der Waals surface area contributed by atoms with Crippen molar-refractivity contribution in [1.82, 2.24) is 0 Å². The Labute approximate surface area is 147 Å². The van der Waals surface area contributed by atoms with Gasteiger partial charge in [0.25, 0.3) is 5.91 Å². The lowest BCUT2D eigenvalue weighted by molar-refractivity contribution is -0.112. The summed E-state index contributed by atoms with van der Waals surface area (Å²) in [4.78, 5) is 12.3. The van der Waals surface area contributed by atoms with Gasteiger partial charge in [-0.15, -0.1) is 0 Å². The van der Waals surface area contributed by atoms with Crippen LogP contribution in [0.15, 0.2) is 52.5 Å². The Balaban J connectivity index is 1.77. The minimum atomic E-state index is -0.475. The van der Waals surface area contributed by atoms with Crippen LogP contribution in [0.2, 0.25) is 0 Å². The van der Waals surface area contributed by atoms with E-state index in [4.69, 9.17) is 9.47 Å². The first-order chi connectivity index (χ1) is 11.7. The van der Waals surface area contributed by atoms with Crippen LogP contribution in [-0.4, -0.2) is 19.1 Å². The zero-order valence-electron chi connectivity index (χ0n) is 12.6. The molecular formula is C18H13BrN2O3. The maximum Gasteiger partial charge on any atom is 0.266 e. The summed E-state index contributed by atoms with van der Waals surface area (Å²) in [6.07, 6.45) is 1.54. The van der Waals surface area contributed by atoms with E-state index in [1.165, 1.54) is 0 Å². The zero-order chi connectivity index (χ0) is 16.9. The van der Waals surface area contributed by atoms with Gasteiger partial charge in [0, 0.05) is 16.2 Å². The van der Waals surface area contributed by atoms with E-state index in [9.17, 15) is 10.1 Å². The first-order valence-electron chi connectivity index (χ1n) is 7.24. The molecule has 0 aliphatic carbocycles. The Bertz CT molecular complexity index is 838. The normalized spacial score (nSPS) is 13.1. The second-order valence-electron chi connectivity index (χ2n) is 5.03. The molecule has 1 N–H and O–H groups in total. The van der Waals surface area contributed by atoms with Gasteiger partial charge in [-0.25, -0.2) is 0 Å². The van der Waals surface area contributed by atoms with Crippen molar-refractivity contribution in [3.05, 3.63) is 58.1 Å². The summed E-state index contributed by atoms with van der Waals surface area (Å²) < 4.78 is 11.8. The lowest BCUT2D eigenvalue weighted by Gasteiger charge is -2.18. The summed E-state index contributed by atoms with van der Waals surface area (Å²) >= 11 is 3.34. The molecular weight excluding hydrogens is 372 g/mol. The molecule has 3 rings (SSSR count). The average Bonchev–Trinajstić information content (AvgIpc) is 2.61. The lowest BCUT2D eigenvalue weighted by atomic mass is 10.1. The predicted octanol–water partition coefficient (Wildman–Crippen LogP) is 3.77. The van der Waals surface area contributed by atoms with Crippen molar-refractivity contribution in [2.75, 3.05) is 18.5 Å². The number of carbonyl (C=O) groups is 1. The molecule has 120 valence electrons. The molecule has 24 heavy (non-hydrogen) atoms. The van der Waals surface area contributed by atoms with E-state index in [1.54, 1.807) is 24.3 Å². The van der Waals surface area contributed by atoms with Crippen molar-refractivity contribution < 1.29 is 14.3 Å². The summed E-state index contributed by atoms with van der Waals surface area (Å²) in [6.45, 7) is 0.977. The van der Waals surface area contributed by atoms with E-state index in [2.05, 4.69) is 21.2 Å². The van der Waals surface area contributed by atoms with Gasteiger partial charge in [-0.2, -0.15) is 5.26 Å². The first-order valence-corrected chi connectivity index (χ1v) is 8.03. The van der Waals surface area contributed by atoms with Crippen molar-refractivity contribution in [1.29, 1.82) is 5.26 Å². The molecule has 0 unspecified atom stereocenters. The van der Waals surface area contributed by atoms with Crippen molar-refractivity contribution in [2.24, 2.45) is 0 Å². The number of hydrogen-bond acceptors (Lipinski definition) is 4. The highest BCUT2D eigenvalue weighted by Crippen LogP contribution is 2.32. The minimum absolute atomic E-state index is 0.0206. The summed E-state index contributed by atoms with van der Waals surface area (Å²) in [5, 5.41) is 11.9. The summed E-state index contributed by atoms with van der Waals surface area (Å²) in [5.41, 5.74) is 1.33. The van der Waals surface area contributed by atoms with Crippen LogP contribution in [0.5, 0.6) is 11.5 Å². The maximum atomic E-state index is 12.3. The second kappa shape index (κ2) is 7.20. The second-order valence-corrected chi connectivity index (χ2v) is 5.95. The van der Waals surface area contributed by atoms with Gasteiger partial charge in [-0.1, -0.05) is 28.1 Å². The molecule has 0 atom stereocenters. The van der Waals surface area contributed by atoms with E-state index >= 15 is 0 Å². The number of fused-ring (bicyclic) bond motifs is 1. The van der Waals surface area contributed by atoms with Crippen LogP contribution >= 0.6 is 15.9 Å². The largest absolute Gasteiger partial charge is 0.486 e. The fraction of sp³-hybridized carbons (Fsp3) is 0.111. The number of ether oxygens (including phenoxy) is 2. The van der Waals surface area contributed by atoms with Crippen molar-refractivity contribution in [2.45, 2.75) is 0 Å². The van der Waals surface area contributed by atoms with Gasteiger partial charge in [0.15, 0.2) is 11.5 Å². The number of halogens is 1. The van der Waals surface area contributed by atoms with Crippen LogP contribution in [-0.2, 0) is 4.79 Å². The van der Waals surface area contributed by atoms with E-state index in [-0.39, 0.29) is 5.57 Å². The molecule has 0 radical (unpaired) electrons. The Kier molecular flexibility index (Phi) is 4.82. The van der Waals surface area contributed by atoms with Gasteiger partial charge in [0.05, 0.1) is 0 Å². The fourth-order valence-electron chi connectivity index (χ4n) is 2.19. The van der Waals surface area contributed by atoms with Crippen molar-refractivity contribution in [3.63, 3.8) is 0 Å². The predicted molar refractivity (Wildman–Crippen MR) is 93.8 cm³/mol. The Morgan fingerprint density at radius 1 is 1.12 bits per heavy atom. The lowest BCUT2D eigenvalue weighted by Crippen LogP contribution is -2.17. The van der Waals surface area contributed by atoms with Gasteiger partial charge < -0.3 is 14.8 Å². The number of amides is 1. The number of rotatable bonds is 3. The molecule has 1 heterocycles. The molecule has 0 saturated carbocycles. The standard InChI is InChI=1S/C18H13BrN2O3/c19-14-3-1-12(2-4-14)9-13(11-20)18(22)21-15-5-6-16-17(10-15)24-8-7-23-16/h1-6,9-10H,7-8H2,(H,21,22)/b13-9+. The number of hydrogen-bond donors (Lipinski definition) is 1.